The molecule has 16 heavy (non-hydrogen) atoms. The van der Waals surface area contributed by atoms with Crippen molar-refractivity contribution in [2.24, 2.45) is 0 Å². The molecular formula is C12H17BrN2O. The van der Waals surface area contributed by atoms with E-state index in [0.717, 1.165) is 36.5 Å². The highest BCUT2D eigenvalue weighted by Crippen LogP contribution is 2.16. The van der Waals surface area contributed by atoms with Gasteiger partial charge < -0.3 is 10.1 Å². The molecule has 0 spiro atoms. The molecule has 0 aliphatic carbocycles. The Bertz CT molecular complexity index is 324. The first-order valence-electron chi connectivity index (χ1n) is 5.55. The zero-order chi connectivity index (χ0) is 11.4. The van der Waals surface area contributed by atoms with E-state index >= 15 is 0 Å². The predicted molar refractivity (Wildman–Crippen MR) is 68.9 cm³/mol. The van der Waals surface area contributed by atoms with Gasteiger partial charge in [-0.2, -0.15) is 0 Å². The largest absolute Gasteiger partial charge is 0.492 e. The fourth-order valence-corrected chi connectivity index (χ4v) is 1.87. The molecule has 1 aliphatic rings. The number of ether oxygens (including phenoxy) is 1. The molecular weight excluding hydrogens is 268 g/mol. The highest BCUT2D eigenvalue weighted by atomic mass is 79.9. The molecule has 1 fully saturated rings. The van der Waals surface area contributed by atoms with Crippen molar-refractivity contribution >= 4 is 15.9 Å². The molecule has 0 saturated carbocycles. The van der Waals surface area contributed by atoms with E-state index in [4.69, 9.17) is 4.74 Å². The number of rotatable bonds is 5. The van der Waals surface area contributed by atoms with Gasteiger partial charge in [0.2, 0.25) is 0 Å². The van der Waals surface area contributed by atoms with E-state index < -0.39 is 0 Å². The van der Waals surface area contributed by atoms with Crippen LogP contribution in [0.1, 0.15) is 0 Å². The Morgan fingerprint density at radius 2 is 2.06 bits per heavy atom. The van der Waals surface area contributed by atoms with Crippen LogP contribution in [0.15, 0.2) is 28.7 Å². The zero-order valence-corrected chi connectivity index (χ0v) is 11.0. The minimum absolute atomic E-state index is 0.688. The van der Waals surface area contributed by atoms with E-state index in [2.05, 4.69) is 33.2 Å². The second-order valence-electron chi connectivity index (χ2n) is 4.10. The Hall–Kier alpha value is -0.580. The number of likely N-dealkylation sites (N-methyl/N-ethyl adjacent to an activating group) is 1. The molecule has 0 aromatic heterocycles. The number of nitrogens with one attached hydrogen (secondary N) is 1. The van der Waals surface area contributed by atoms with Crippen LogP contribution in [0.4, 0.5) is 0 Å². The average molecular weight is 285 g/mol. The molecule has 0 radical (unpaired) electrons. The van der Waals surface area contributed by atoms with Crippen molar-refractivity contribution in [3.63, 3.8) is 0 Å². The Labute approximate surface area is 105 Å². The maximum atomic E-state index is 5.67. The van der Waals surface area contributed by atoms with Gasteiger partial charge in [-0.15, -0.1) is 0 Å². The molecule has 2 rings (SSSR count). The van der Waals surface area contributed by atoms with Crippen molar-refractivity contribution < 1.29 is 4.74 Å². The van der Waals surface area contributed by atoms with E-state index in [-0.39, 0.29) is 0 Å². The van der Waals surface area contributed by atoms with Crippen LogP contribution in [-0.2, 0) is 0 Å². The van der Waals surface area contributed by atoms with Gasteiger partial charge in [0.1, 0.15) is 12.4 Å². The molecule has 0 amide bonds. The van der Waals surface area contributed by atoms with E-state index in [9.17, 15) is 0 Å². The Morgan fingerprint density at radius 1 is 1.38 bits per heavy atom. The first-order chi connectivity index (χ1) is 7.75. The van der Waals surface area contributed by atoms with Crippen LogP contribution in [-0.4, -0.2) is 44.2 Å². The summed E-state index contributed by atoms with van der Waals surface area (Å²) >= 11 is 3.40. The van der Waals surface area contributed by atoms with Crippen LogP contribution in [0.3, 0.4) is 0 Å². The fraction of sp³-hybridized carbons (Fsp3) is 0.500. The summed E-state index contributed by atoms with van der Waals surface area (Å²) in [5.74, 6) is 0.934. The summed E-state index contributed by atoms with van der Waals surface area (Å²) in [7, 11) is 2.15. The lowest BCUT2D eigenvalue weighted by Crippen LogP contribution is -2.56. The normalized spacial score (nSPS) is 16.2. The topological polar surface area (TPSA) is 24.5 Å². The van der Waals surface area contributed by atoms with Gasteiger partial charge in [-0.25, -0.2) is 0 Å². The van der Waals surface area contributed by atoms with Crippen LogP contribution in [0, 0.1) is 0 Å². The summed E-state index contributed by atoms with van der Waals surface area (Å²) < 4.78 is 6.75. The second-order valence-corrected chi connectivity index (χ2v) is 5.01. The molecule has 0 atom stereocenters. The summed E-state index contributed by atoms with van der Waals surface area (Å²) in [5.41, 5.74) is 0. The van der Waals surface area contributed by atoms with Crippen molar-refractivity contribution in [3.8, 4) is 5.75 Å². The maximum absolute atomic E-state index is 5.67. The van der Waals surface area contributed by atoms with Crippen LogP contribution in [0.5, 0.6) is 5.75 Å². The molecule has 88 valence electrons. The highest BCUT2D eigenvalue weighted by molar-refractivity contribution is 9.10. The van der Waals surface area contributed by atoms with Gasteiger partial charge in [0.15, 0.2) is 0 Å². The zero-order valence-electron chi connectivity index (χ0n) is 9.45. The summed E-state index contributed by atoms with van der Waals surface area (Å²) in [5, 5.41) is 3.27. The summed E-state index contributed by atoms with van der Waals surface area (Å²) in [4.78, 5) is 2.34. The number of benzene rings is 1. The van der Waals surface area contributed by atoms with Gasteiger partial charge in [0.25, 0.3) is 0 Å². The van der Waals surface area contributed by atoms with Crippen molar-refractivity contribution in [2.45, 2.75) is 6.04 Å². The van der Waals surface area contributed by atoms with Gasteiger partial charge in [0.05, 0.1) is 0 Å². The van der Waals surface area contributed by atoms with E-state index in [1.54, 1.807) is 0 Å². The van der Waals surface area contributed by atoms with E-state index in [0.29, 0.717) is 6.04 Å². The SMILES string of the molecule is CN(CCOc1ccc(Br)cc1)C1CNC1. The third-order valence-electron chi connectivity index (χ3n) is 2.91. The van der Waals surface area contributed by atoms with Gasteiger partial charge >= 0.3 is 0 Å². The van der Waals surface area contributed by atoms with Crippen LogP contribution in [0.25, 0.3) is 0 Å². The second kappa shape index (κ2) is 5.66. The van der Waals surface area contributed by atoms with Crippen molar-refractivity contribution in [3.05, 3.63) is 28.7 Å². The predicted octanol–water partition coefficient (Wildman–Crippen LogP) is 1.73. The first-order valence-corrected chi connectivity index (χ1v) is 6.34. The smallest absolute Gasteiger partial charge is 0.119 e. The van der Waals surface area contributed by atoms with Crippen LogP contribution < -0.4 is 10.1 Å². The number of hydrogen-bond acceptors (Lipinski definition) is 3. The van der Waals surface area contributed by atoms with Crippen molar-refractivity contribution in [1.82, 2.24) is 10.2 Å². The van der Waals surface area contributed by atoms with Gasteiger partial charge in [-0.05, 0) is 31.3 Å². The first kappa shape index (κ1) is 11.9. The monoisotopic (exact) mass is 284 g/mol. The lowest BCUT2D eigenvalue weighted by Gasteiger charge is -2.35. The number of nitrogens with zero attached hydrogens (tertiary/aromatic N) is 1. The summed E-state index contributed by atoms with van der Waals surface area (Å²) in [6.45, 7) is 3.93. The molecule has 1 aliphatic heterocycles. The molecule has 0 bridgehead atoms. The third kappa shape index (κ3) is 3.20. The average Bonchev–Trinajstić information content (AvgIpc) is 2.18. The van der Waals surface area contributed by atoms with Crippen LogP contribution >= 0.6 is 15.9 Å². The molecule has 3 nitrogen and oxygen atoms in total. The molecule has 1 heterocycles. The minimum Gasteiger partial charge on any atom is -0.492 e. The highest BCUT2D eigenvalue weighted by Gasteiger charge is 2.20. The molecule has 1 aromatic rings. The van der Waals surface area contributed by atoms with E-state index in [1.165, 1.54) is 0 Å². The molecule has 1 saturated heterocycles. The standard InChI is InChI=1S/C12H17BrN2O/c1-15(11-8-14-9-11)6-7-16-12-4-2-10(13)3-5-12/h2-5,11,14H,6-9H2,1H3. The minimum atomic E-state index is 0.688. The van der Waals surface area contributed by atoms with Gasteiger partial charge in [0, 0.05) is 30.1 Å². The quantitative estimate of drug-likeness (QED) is 0.891. The summed E-state index contributed by atoms with van der Waals surface area (Å²) in [6.07, 6.45) is 0. The maximum Gasteiger partial charge on any atom is 0.119 e. The fourth-order valence-electron chi connectivity index (χ4n) is 1.61. The van der Waals surface area contributed by atoms with Gasteiger partial charge in [-0.3, -0.25) is 4.90 Å². The Morgan fingerprint density at radius 3 is 2.62 bits per heavy atom. The van der Waals surface area contributed by atoms with Crippen molar-refractivity contribution in [1.29, 1.82) is 0 Å². The lowest BCUT2D eigenvalue weighted by molar-refractivity contribution is 0.151. The van der Waals surface area contributed by atoms with Crippen molar-refractivity contribution in [2.75, 3.05) is 33.3 Å². The molecule has 1 N–H and O–H groups in total. The molecule has 0 unspecified atom stereocenters. The lowest BCUT2D eigenvalue weighted by atomic mass is 10.1. The molecule has 4 heteroatoms. The third-order valence-corrected chi connectivity index (χ3v) is 3.44. The Kier molecular flexibility index (Phi) is 4.21. The van der Waals surface area contributed by atoms with Crippen LogP contribution in [0.2, 0.25) is 0 Å². The van der Waals surface area contributed by atoms with E-state index in [1.807, 2.05) is 24.3 Å². The molecule has 1 aromatic carbocycles. The number of halogens is 1. The Balaban J connectivity index is 1.69. The van der Waals surface area contributed by atoms with Gasteiger partial charge in [-0.1, -0.05) is 15.9 Å². The summed E-state index contributed by atoms with van der Waals surface area (Å²) in [6, 6.07) is 8.64. The number of hydrogen-bond donors (Lipinski definition) is 1.